The molecule has 1 unspecified atom stereocenters. The molecular formula is C15H13Br3FN. The predicted molar refractivity (Wildman–Crippen MR) is 91.5 cm³/mol. The molecule has 0 bridgehead atoms. The average molecular weight is 466 g/mol. The van der Waals surface area contributed by atoms with E-state index in [2.05, 4.69) is 53.1 Å². The molecule has 0 radical (unpaired) electrons. The van der Waals surface area contributed by atoms with Crippen LogP contribution in [0.2, 0.25) is 0 Å². The van der Waals surface area contributed by atoms with Crippen molar-refractivity contribution in [2.24, 2.45) is 0 Å². The van der Waals surface area contributed by atoms with Gasteiger partial charge in [-0.3, -0.25) is 0 Å². The Balaban J connectivity index is 2.53. The SMILES string of the molecule is CCNC(c1ccc(Br)cc1Br)c1cccc(Br)c1F. The highest BCUT2D eigenvalue weighted by Gasteiger charge is 2.20. The minimum atomic E-state index is -0.228. The first-order chi connectivity index (χ1) is 9.54. The fourth-order valence-corrected chi connectivity index (χ4v) is 3.73. The van der Waals surface area contributed by atoms with E-state index < -0.39 is 0 Å². The molecule has 0 spiro atoms. The van der Waals surface area contributed by atoms with E-state index in [1.54, 1.807) is 6.07 Å². The summed E-state index contributed by atoms with van der Waals surface area (Å²) in [6.45, 7) is 2.76. The van der Waals surface area contributed by atoms with Crippen LogP contribution in [0.3, 0.4) is 0 Å². The molecule has 106 valence electrons. The first kappa shape index (κ1) is 16.1. The van der Waals surface area contributed by atoms with Crippen LogP contribution in [-0.2, 0) is 0 Å². The third-order valence-electron chi connectivity index (χ3n) is 2.97. The van der Waals surface area contributed by atoms with Gasteiger partial charge in [0.25, 0.3) is 0 Å². The Labute approximate surface area is 143 Å². The molecule has 5 heteroatoms. The molecule has 0 aromatic heterocycles. The molecule has 1 nitrogen and oxygen atoms in total. The number of benzene rings is 2. The lowest BCUT2D eigenvalue weighted by Crippen LogP contribution is -2.23. The van der Waals surface area contributed by atoms with Gasteiger partial charge in [0, 0.05) is 14.5 Å². The van der Waals surface area contributed by atoms with Gasteiger partial charge in [0.1, 0.15) is 5.82 Å². The summed E-state index contributed by atoms with van der Waals surface area (Å²) in [5.41, 5.74) is 1.64. The molecule has 2 aromatic carbocycles. The zero-order chi connectivity index (χ0) is 14.7. The van der Waals surface area contributed by atoms with Crippen molar-refractivity contribution in [1.82, 2.24) is 5.32 Å². The van der Waals surface area contributed by atoms with Crippen molar-refractivity contribution in [1.29, 1.82) is 0 Å². The Kier molecular flexibility index (Phi) is 5.78. The van der Waals surface area contributed by atoms with E-state index in [0.717, 1.165) is 21.1 Å². The van der Waals surface area contributed by atoms with E-state index >= 15 is 0 Å². The summed E-state index contributed by atoms with van der Waals surface area (Å²) in [7, 11) is 0. The van der Waals surface area contributed by atoms with Crippen molar-refractivity contribution in [3.05, 3.63) is 66.8 Å². The van der Waals surface area contributed by atoms with Gasteiger partial charge in [-0.2, -0.15) is 0 Å². The van der Waals surface area contributed by atoms with Gasteiger partial charge < -0.3 is 5.32 Å². The maximum Gasteiger partial charge on any atom is 0.142 e. The van der Waals surface area contributed by atoms with E-state index in [-0.39, 0.29) is 11.9 Å². The fraction of sp³-hybridized carbons (Fsp3) is 0.200. The third-order valence-corrected chi connectivity index (χ3v) is 4.77. The summed E-state index contributed by atoms with van der Waals surface area (Å²) >= 11 is 10.2. The lowest BCUT2D eigenvalue weighted by Gasteiger charge is -2.21. The lowest BCUT2D eigenvalue weighted by molar-refractivity contribution is 0.554. The van der Waals surface area contributed by atoms with Crippen LogP contribution < -0.4 is 5.32 Å². The minimum absolute atomic E-state index is 0.194. The Morgan fingerprint density at radius 3 is 2.45 bits per heavy atom. The molecule has 0 saturated carbocycles. The standard InChI is InChI=1S/C15H13Br3FN/c1-2-20-15(10-7-6-9(16)8-13(10)18)11-4-3-5-12(17)14(11)19/h3-8,15,20H,2H2,1H3. The number of nitrogens with one attached hydrogen (secondary N) is 1. The smallest absolute Gasteiger partial charge is 0.142 e. The van der Waals surface area contributed by atoms with Crippen LogP contribution >= 0.6 is 47.8 Å². The quantitative estimate of drug-likeness (QED) is 0.600. The van der Waals surface area contributed by atoms with Gasteiger partial charge in [-0.15, -0.1) is 0 Å². The van der Waals surface area contributed by atoms with Gasteiger partial charge in [0.2, 0.25) is 0 Å². The number of hydrogen-bond acceptors (Lipinski definition) is 1. The van der Waals surface area contributed by atoms with Crippen molar-refractivity contribution >= 4 is 47.8 Å². The van der Waals surface area contributed by atoms with E-state index in [1.807, 2.05) is 37.3 Å². The maximum atomic E-state index is 14.4. The summed E-state index contributed by atoms with van der Waals surface area (Å²) in [4.78, 5) is 0. The average Bonchev–Trinajstić information content (AvgIpc) is 2.40. The third kappa shape index (κ3) is 3.50. The number of hydrogen-bond donors (Lipinski definition) is 1. The zero-order valence-electron chi connectivity index (χ0n) is 10.8. The lowest BCUT2D eigenvalue weighted by atomic mass is 9.98. The largest absolute Gasteiger partial charge is 0.306 e. The van der Waals surface area contributed by atoms with Crippen LogP contribution in [0.4, 0.5) is 4.39 Å². The number of rotatable bonds is 4. The molecule has 0 aliphatic carbocycles. The Morgan fingerprint density at radius 2 is 1.80 bits per heavy atom. The highest BCUT2D eigenvalue weighted by Crippen LogP contribution is 2.33. The van der Waals surface area contributed by atoms with Crippen LogP contribution in [0.15, 0.2) is 49.8 Å². The van der Waals surface area contributed by atoms with Gasteiger partial charge in [0.05, 0.1) is 10.5 Å². The van der Waals surface area contributed by atoms with E-state index in [1.165, 1.54) is 0 Å². The molecule has 2 aromatic rings. The molecule has 0 fully saturated rings. The van der Waals surface area contributed by atoms with Crippen LogP contribution in [0.5, 0.6) is 0 Å². The summed E-state index contributed by atoms with van der Waals surface area (Å²) in [5, 5.41) is 3.34. The second kappa shape index (κ2) is 7.16. The van der Waals surface area contributed by atoms with Crippen LogP contribution in [-0.4, -0.2) is 6.54 Å². The van der Waals surface area contributed by atoms with Crippen LogP contribution in [0.1, 0.15) is 24.1 Å². The monoisotopic (exact) mass is 463 g/mol. The van der Waals surface area contributed by atoms with Crippen molar-refractivity contribution in [2.75, 3.05) is 6.54 Å². The van der Waals surface area contributed by atoms with Crippen LogP contribution in [0.25, 0.3) is 0 Å². The second-order valence-electron chi connectivity index (χ2n) is 4.30. The van der Waals surface area contributed by atoms with Gasteiger partial charge in [-0.25, -0.2) is 4.39 Å². The summed E-state index contributed by atoms with van der Waals surface area (Å²) < 4.78 is 16.8. The zero-order valence-corrected chi connectivity index (χ0v) is 15.5. The molecule has 20 heavy (non-hydrogen) atoms. The van der Waals surface area contributed by atoms with E-state index in [0.29, 0.717) is 10.0 Å². The molecule has 0 aliphatic rings. The molecule has 0 amide bonds. The first-order valence-corrected chi connectivity index (χ1v) is 8.54. The van der Waals surface area contributed by atoms with Crippen molar-refractivity contribution in [2.45, 2.75) is 13.0 Å². The fourth-order valence-electron chi connectivity index (χ4n) is 2.07. The topological polar surface area (TPSA) is 12.0 Å². The van der Waals surface area contributed by atoms with Crippen molar-refractivity contribution in [3.63, 3.8) is 0 Å². The van der Waals surface area contributed by atoms with Gasteiger partial charge in [-0.1, -0.05) is 57.0 Å². The highest BCUT2D eigenvalue weighted by atomic mass is 79.9. The molecule has 0 saturated heterocycles. The van der Waals surface area contributed by atoms with Crippen molar-refractivity contribution in [3.8, 4) is 0 Å². The first-order valence-electron chi connectivity index (χ1n) is 6.16. The number of halogens is 4. The second-order valence-corrected chi connectivity index (χ2v) is 6.92. The van der Waals surface area contributed by atoms with E-state index in [4.69, 9.17) is 0 Å². The minimum Gasteiger partial charge on any atom is -0.306 e. The maximum absolute atomic E-state index is 14.4. The van der Waals surface area contributed by atoms with Gasteiger partial charge in [-0.05, 0) is 46.2 Å². The summed E-state index contributed by atoms with van der Waals surface area (Å²) in [6.07, 6.45) is 0. The Morgan fingerprint density at radius 1 is 1.05 bits per heavy atom. The molecule has 2 rings (SSSR count). The summed E-state index contributed by atoms with van der Waals surface area (Å²) in [6, 6.07) is 11.1. The molecular weight excluding hydrogens is 453 g/mol. The van der Waals surface area contributed by atoms with Gasteiger partial charge >= 0.3 is 0 Å². The van der Waals surface area contributed by atoms with Gasteiger partial charge in [0.15, 0.2) is 0 Å². The normalized spacial score (nSPS) is 12.4. The summed E-state index contributed by atoms with van der Waals surface area (Å²) in [5.74, 6) is -0.228. The van der Waals surface area contributed by atoms with Crippen LogP contribution in [0, 0.1) is 5.82 Å². The highest BCUT2D eigenvalue weighted by molar-refractivity contribution is 9.11. The Hall–Kier alpha value is -0.230. The predicted octanol–water partition coefficient (Wildman–Crippen LogP) is 5.81. The molecule has 0 heterocycles. The molecule has 1 N–H and O–H groups in total. The molecule has 1 atom stereocenters. The van der Waals surface area contributed by atoms with Crippen molar-refractivity contribution < 1.29 is 4.39 Å². The molecule has 0 aliphatic heterocycles. The van der Waals surface area contributed by atoms with E-state index in [9.17, 15) is 4.39 Å². The Bertz CT molecular complexity index is 616.